The third kappa shape index (κ3) is 3.45. The summed E-state index contributed by atoms with van der Waals surface area (Å²) >= 11 is 0. The Morgan fingerprint density at radius 1 is 1.35 bits per heavy atom. The van der Waals surface area contributed by atoms with E-state index in [1.54, 1.807) is 13.2 Å². The van der Waals surface area contributed by atoms with Crippen LogP contribution in [0.3, 0.4) is 0 Å². The lowest BCUT2D eigenvalue weighted by atomic mass is 10.1. The van der Waals surface area contributed by atoms with Gasteiger partial charge in [-0.25, -0.2) is 4.98 Å². The van der Waals surface area contributed by atoms with Crippen molar-refractivity contribution in [2.24, 2.45) is 0 Å². The van der Waals surface area contributed by atoms with Crippen molar-refractivity contribution in [1.29, 1.82) is 0 Å². The molecule has 2 aromatic rings. The van der Waals surface area contributed by atoms with Crippen molar-refractivity contribution in [3.63, 3.8) is 0 Å². The van der Waals surface area contributed by atoms with Crippen LogP contribution in [0.2, 0.25) is 0 Å². The minimum Gasteiger partial charge on any atom is -0.385 e. The molecule has 1 aromatic carbocycles. The van der Waals surface area contributed by atoms with Gasteiger partial charge in [0.1, 0.15) is 11.5 Å². The molecule has 1 amide bonds. The van der Waals surface area contributed by atoms with E-state index in [1.807, 2.05) is 24.3 Å². The number of hydrogen-bond donors (Lipinski definition) is 2. The number of rotatable bonds is 6. The number of nitrogen functional groups attached to an aromatic ring is 1. The minimum absolute atomic E-state index is 0.195. The molecule has 0 spiro atoms. The number of carbonyl (C=O) groups is 1. The molecule has 0 radical (unpaired) electrons. The number of unbranched alkanes of at least 4 members (excludes halogenated alkanes) is 1. The molecule has 5 nitrogen and oxygen atoms in total. The first-order valence-electron chi connectivity index (χ1n) is 6.65. The first kappa shape index (κ1) is 14.3. The van der Waals surface area contributed by atoms with Crippen LogP contribution in [0.25, 0.3) is 10.8 Å². The molecule has 3 N–H and O–H groups in total. The summed E-state index contributed by atoms with van der Waals surface area (Å²) in [6.45, 7) is 1.31. The fraction of sp³-hybridized carbons (Fsp3) is 0.333. The van der Waals surface area contributed by atoms with Crippen LogP contribution in [0.1, 0.15) is 23.3 Å². The molecule has 0 aliphatic heterocycles. The third-order valence-corrected chi connectivity index (χ3v) is 3.06. The number of hydrogen-bond acceptors (Lipinski definition) is 4. The van der Waals surface area contributed by atoms with Gasteiger partial charge in [0, 0.05) is 25.6 Å². The average molecular weight is 273 g/mol. The molecular formula is C15H19N3O2. The van der Waals surface area contributed by atoms with Crippen LogP contribution < -0.4 is 11.1 Å². The predicted octanol–water partition coefficient (Wildman–Crippen LogP) is 1.97. The molecule has 0 saturated carbocycles. The number of amides is 1. The summed E-state index contributed by atoms with van der Waals surface area (Å²) in [6.07, 6.45) is 1.80. The van der Waals surface area contributed by atoms with Crippen LogP contribution in [0, 0.1) is 0 Å². The van der Waals surface area contributed by atoms with Crippen molar-refractivity contribution in [3.05, 3.63) is 36.0 Å². The zero-order valence-electron chi connectivity index (χ0n) is 11.6. The molecule has 0 saturated heterocycles. The van der Waals surface area contributed by atoms with Crippen molar-refractivity contribution in [1.82, 2.24) is 10.3 Å². The number of aromatic nitrogens is 1. The number of fused-ring (bicyclic) bond motifs is 1. The standard InChI is InChI=1S/C15H19N3O2/c1-20-9-5-4-8-17-15(19)13-10-11-6-2-3-7-12(11)14(16)18-13/h2-3,6-7,10H,4-5,8-9H2,1H3,(H2,16,18)(H,17,19). The maximum atomic E-state index is 12.0. The van der Waals surface area contributed by atoms with E-state index < -0.39 is 0 Å². The summed E-state index contributed by atoms with van der Waals surface area (Å²) < 4.78 is 4.96. The van der Waals surface area contributed by atoms with Crippen molar-refractivity contribution < 1.29 is 9.53 Å². The van der Waals surface area contributed by atoms with E-state index in [9.17, 15) is 4.79 Å². The Hall–Kier alpha value is -2.14. The second kappa shape index (κ2) is 6.86. The lowest BCUT2D eigenvalue weighted by molar-refractivity contribution is 0.0946. The van der Waals surface area contributed by atoms with Crippen molar-refractivity contribution in [3.8, 4) is 0 Å². The first-order chi connectivity index (χ1) is 9.72. The molecule has 5 heteroatoms. The fourth-order valence-electron chi connectivity index (χ4n) is 2.01. The smallest absolute Gasteiger partial charge is 0.269 e. The molecule has 2 rings (SSSR count). The van der Waals surface area contributed by atoms with E-state index in [1.165, 1.54) is 0 Å². The molecule has 106 valence electrons. The zero-order valence-corrected chi connectivity index (χ0v) is 11.6. The summed E-state index contributed by atoms with van der Waals surface area (Å²) in [5.74, 6) is 0.188. The highest BCUT2D eigenvalue weighted by Gasteiger charge is 2.09. The molecule has 1 aromatic heterocycles. The lowest BCUT2D eigenvalue weighted by Gasteiger charge is -2.07. The second-order valence-corrected chi connectivity index (χ2v) is 4.57. The molecule has 0 aliphatic rings. The summed E-state index contributed by atoms with van der Waals surface area (Å²) in [6, 6.07) is 9.38. The van der Waals surface area contributed by atoms with Crippen LogP contribution in [0.4, 0.5) is 5.82 Å². The van der Waals surface area contributed by atoms with Gasteiger partial charge in [0.2, 0.25) is 0 Å². The van der Waals surface area contributed by atoms with E-state index >= 15 is 0 Å². The number of carbonyl (C=O) groups excluding carboxylic acids is 1. The number of benzene rings is 1. The predicted molar refractivity (Wildman–Crippen MR) is 79.6 cm³/mol. The SMILES string of the molecule is COCCCCNC(=O)c1cc2ccccc2c(N)n1. The highest BCUT2D eigenvalue weighted by molar-refractivity contribution is 5.99. The van der Waals surface area contributed by atoms with Gasteiger partial charge in [0.15, 0.2) is 0 Å². The quantitative estimate of drug-likeness (QED) is 0.789. The van der Waals surface area contributed by atoms with Gasteiger partial charge < -0.3 is 15.8 Å². The van der Waals surface area contributed by atoms with Crippen LogP contribution in [0.5, 0.6) is 0 Å². The third-order valence-electron chi connectivity index (χ3n) is 3.06. The maximum absolute atomic E-state index is 12.0. The number of nitrogens with one attached hydrogen (secondary N) is 1. The zero-order chi connectivity index (χ0) is 14.4. The fourth-order valence-corrected chi connectivity index (χ4v) is 2.01. The van der Waals surface area contributed by atoms with Gasteiger partial charge in [-0.1, -0.05) is 24.3 Å². The average Bonchev–Trinajstić information content (AvgIpc) is 2.47. The molecule has 0 unspecified atom stereocenters. The summed E-state index contributed by atoms with van der Waals surface area (Å²) in [7, 11) is 1.67. The van der Waals surface area contributed by atoms with Gasteiger partial charge >= 0.3 is 0 Å². The number of ether oxygens (including phenoxy) is 1. The molecule has 0 atom stereocenters. The molecule has 0 bridgehead atoms. The highest BCUT2D eigenvalue weighted by atomic mass is 16.5. The van der Waals surface area contributed by atoms with Gasteiger partial charge in [-0.3, -0.25) is 4.79 Å². The van der Waals surface area contributed by atoms with Crippen molar-refractivity contribution >= 4 is 22.5 Å². The minimum atomic E-state index is -0.195. The van der Waals surface area contributed by atoms with E-state index in [0.717, 1.165) is 23.6 Å². The Balaban J connectivity index is 2.03. The van der Waals surface area contributed by atoms with E-state index in [-0.39, 0.29) is 5.91 Å². The van der Waals surface area contributed by atoms with Crippen molar-refractivity contribution in [2.75, 3.05) is 26.0 Å². The number of methoxy groups -OCH3 is 1. The first-order valence-corrected chi connectivity index (χ1v) is 6.65. The Morgan fingerprint density at radius 2 is 2.15 bits per heavy atom. The summed E-state index contributed by atoms with van der Waals surface area (Å²) in [5.41, 5.74) is 6.24. The van der Waals surface area contributed by atoms with E-state index in [4.69, 9.17) is 10.5 Å². The van der Waals surface area contributed by atoms with Gasteiger partial charge in [-0.15, -0.1) is 0 Å². The Bertz CT molecular complexity index is 599. The van der Waals surface area contributed by atoms with E-state index in [0.29, 0.717) is 24.7 Å². The Labute approximate surface area is 118 Å². The largest absolute Gasteiger partial charge is 0.385 e. The van der Waals surface area contributed by atoms with Gasteiger partial charge in [-0.05, 0) is 24.3 Å². The van der Waals surface area contributed by atoms with Gasteiger partial charge in [0.25, 0.3) is 5.91 Å². The highest BCUT2D eigenvalue weighted by Crippen LogP contribution is 2.19. The van der Waals surface area contributed by atoms with Crippen LogP contribution in [-0.2, 0) is 4.74 Å². The molecule has 1 heterocycles. The number of anilines is 1. The van der Waals surface area contributed by atoms with E-state index in [2.05, 4.69) is 10.3 Å². The summed E-state index contributed by atoms with van der Waals surface area (Å²) in [4.78, 5) is 16.2. The molecule has 0 fully saturated rings. The maximum Gasteiger partial charge on any atom is 0.269 e. The topological polar surface area (TPSA) is 77.2 Å². The monoisotopic (exact) mass is 273 g/mol. The van der Waals surface area contributed by atoms with Crippen LogP contribution in [0.15, 0.2) is 30.3 Å². The normalized spacial score (nSPS) is 10.7. The van der Waals surface area contributed by atoms with Gasteiger partial charge in [0.05, 0.1) is 0 Å². The summed E-state index contributed by atoms with van der Waals surface area (Å²) in [5, 5.41) is 4.62. The van der Waals surface area contributed by atoms with Crippen LogP contribution in [-0.4, -0.2) is 31.2 Å². The molecule has 20 heavy (non-hydrogen) atoms. The lowest BCUT2D eigenvalue weighted by Crippen LogP contribution is -2.25. The van der Waals surface area contributed by atoms with Gasteiger partial charge in [-0.2, -0.15) is 0 Å². The number of nitrogens with zero attached hydrogens (tertiary/aromatic N) is 1. The van der Waals surface area contributed by atoms with Crippen LogP contribution >= 0.6 is 0 Å². The number of nitrogens with two attached hydrogens (primary N) is 1. The number of pyridine rings is 1. The van der Waals surface area contributed by atoms with Crippen molar-refractivity contribution in [2.45, 2.75) is 12.8 Å². The Morgan fingerprint density at radius 3 is 2.95 bits per heavy atom. The molecular weight excluding hydrogens is 254 g/mol. The second-order valence-electron chi connectivity index (χ2n) is 4.57. The molecule has 0 aliphatic carbocycles. The Kier molecular flexibility index (Phi) is 4.90.